The van der Waals surface area contributed by atoms with Crippen LogP contribution in [0.15, 0.2) is 48.5 Å². The summed E-state index contributed by atoms with van der Waals surface area (Å²) in [6.07, 6.45) is 0.166. The van der Waals surface area contributed by atoms with Crippen molar-refractivity contribution in [3.8, 4) is 0 Å². The van der Waals surface area contributed by atoms with E-state index in [1.165, 1.54) is 12.1 Å². The van der Waals surface area contributed by atoms with Crippen molar-refractivity contribution in [2.45, 2.75) is 6.42 Å². The second-order valence-electron chi connectivity index (χ2n) is 3.95. The predicted molar refractivity (Wildman–Crippen MR) is 69.6 cm³/mol. The molecule has 0 spiro atoms. The number of nitrogens with one attached hydrogen (secondary N) is 1. The maximum Gasteiger partial charge on any atom is 0.228 e. The molecule has 2 rings (SSSR count). The summed E-state index contributed by atoms with van der Waals surface area (Å²) in [6, 6.07) is 13.1. The molecular weight excluding hydrogens is 231 g/mol. The van der Waals surface area contributed by atoms with Crippen molar-refractivity contribution >= 4 is 17.3 Å². The molecule has 0 radical (unpaired) electrons. The molecule has 3 nitrogen and oxygen atoms in total. The van der Waals surface area contributed by atoms with Crippen LogP contribution in [-0.2, 0) is 11.2 Å². The number of hydrogen-bond acceptors (Lipinski definition) is 2. The minimum atomic E-state index is -0.446. The highest BCUT2D eigenvalue weighted by molar-refractivity contribution is 5.92. The lowest BCUT2D eigenvalue weighted by atomic mass is 10.1. The van der Waals surface area contributed by atoms with E-state index in [1.807, 2.05) is 0 Å². The molecule has 0 aliphatic rings. The number of hydrogen-bond donors (Lipinski definition) is 2. The molecule has 0 bridgehead atoms. The number of para-hydroxylation sites is 1. The topological polar surface area (TPSA) is 55.1 Å². The van der Waals surface area contributed by atoms with Gasteiger partial charge in [-0.1, -0.05) is 24.3 Å². The number of carbonyl (C=O) groups excluding carboxylic acids is 1. The van der Waals surface area contributed by atoms with Gasteiger partial charge in [0.2, 0.25) is 5.91 Å². The Labute approximate surface area is 104 Å². The van der Waals surface area contributed by atoms with Crippen LogP contribution in [0.4, 0.5) is 15.8 Å². The van der Waals surface area contributed by atoms with E-state index in [2.05, 4.69) is 5.32 Å². The first-order valence-electron chi connectivity index (χ1n) is 5.54. The lowest BCUT2D eigenvalue weighted by molar-refractivity contribution is -0.115. The van der Waals surface area contributed by atoms with Crippen molar-refractivity contribution in [2.24, 2.45) is 0 Å². The molecule has 0 aliphatic heterocycles. The molecule has 0 saturated carbocycles. The second-order valence-corrected chi connectivity index (χ2v) is 3.95. The third-order valence-corrected chi connectivity index (χ3v) is 2.46. The summed E-state index contributed by atoms with van der Waals surface area (Å²) in [5.74, 6) is -0.718. The van der Waals surface area contributed by atoms with Crippen molar-refractivity contribution in [1.29, 1.82) is 0 Å². The normalized spacial score (nSPS) is 10.1. The Morgan fingerprint density at radius 2 is 1.94 bits per heavy atom. The van der Waals surface area contributed by atoms with Crippen LogP contribution < -0.4 is 11.1 Å². The average Bonchev–Trinajstić information content (AvgIpc) is 2.32. The largest absolute Gasteiger partial charge is 0.399 e. The third-order valence-electron chi connectivity index (χ3n) is 2.46. The molecular formula is C14H13FN2O. The first-order valence-corrected chi connectivity index (χ1v) is 5.54. The van der Waals surface area contributed by atoms with E-state index in [0.717, 1.165) is 5.56 Å². The number of carbonyl (C=O) groups is 1. The van der Waals surface area contributed by atoms with Gasteiger partial charge in [0.15, 0.2) is 0 Å². The van der Waals surface area contributed by atoms with Gasteiger partial charge in [-0.25, -0.2) is 4.39 Å². The number of nitrogens with two attached hydrogens (primary N) is 1. The molecule has 0 unspecified atom stereocenters. The quantitative estimate of drug-likeness (QED) is 0.815. The van der Waals surface area contributed by atoms with Gasteiger partial charge in [-0.3, -0.25) is 4.79 Å². The van der Waals surface area contributed by atoms with Crippen LogP contribution in [0.1, 0.15) is 5.56 Å². The highest BCUT2D eigenvalue weighted by Crippen LogP contribution is 2.13. The zero-order valence-electron chi connectivity index (χ0n) is 9.69. The first kappa shape index (κ1) is 12.1. The smallest absolute Gasteiger partial charge is 0.228 e. The molecule has 0 aromatic heterocycles. The first-order chi connectivity index (χ1) is 8.65. The molecule has 3 N–H and O–H groups in total. The maximum absolute atomic E-state index is 13.3. The summed E-state index contributed by atoms with van der Waals surface area (Å²) < 4.78 is 13.3. The Morgan fingerprint density at radius 1 is 1.17 bits per heavy atom. The fourth-order valence-electron chi connectivity index (χ4n) is 1.65. The molecule has 92 valence electrons. The van der Waals surface area contributed by atoms with Gasteiger partial charge in [-0.05, 0) is 29.8 Å². The zero-order chi connectivity index (χ0) is 13.0. The number of amides is 1. The van der Waals surface area contributed by atoms with Gasteiger partial charge in [0.25, 0.3) is 0 Å². The molecule has 18 heavy (non-hydrogen) atoms. The molecule has 1 amide bonds. The summed E-state index contributed by atoms with van der Waals surface area (Å²) in [7, 11) is 0. The summed E-state index contributed by atoms with van der Waals surface area (Å²) in [5, 5.41) is 2.52. The third kappa shape index (κ3) is 3.07. The molecule has 0 fully saturated rings. The van der Waals surface area contributed by atoms with Crippen LogP contribution in [0.25, 0.3) is 0 Å². The van der Waals surface area contributed by atoms with Crippen LogP contribution in [0.3, 0.4) is 0 Å². The summed E-state index contributed by atoms with van der Waals surface area (Å²) in [5.41, 5.74) is 7.20. The van der Waals surface area contributed by atoms with E-state index in [4.69, 9.17) is 5.73 Å². The zero-order valence-corrected chi connectivity index (χ0v) is 9.69. The monoisotopic (exact) mass is 244 g/mol. The Bertz CT molecular complexity index is 569. The Kier molecular flexibility index (Phi) is 3.57. The van der Waals surface area contributed by atoms with E-state index in [1.54, 1.807) is 36.4 Å². The fourth-order valence-corrected chi connectivity index (χ4v) is 1.65. The number of nitrogen functional groups attached to an aromatic ring is 1. The van der Waals surface area contributed by atoms with E-state index >= 15 is 0 Å². The van der Waals surface area contributed by atoms with Gasteiger partial charge >= 0.3 is 0 Å². The number of rotatable bonds is 3. The van der Waals surface area contributed by atoms with Gasteiger partial charge < -0.3 is 11.1 Å². The summed E-state index contributed by atoms with van der Waals surface area (Å²) in [6.45, 7) is 0. The van der Waals surface area contributed by atoms with Crippen LogP contribution in [0, 0.1) is 5.82 Å². The van der Waals surface area contributed by atoms with Crippen LogP contribution >= 0.6 is 0 Å². The van der Waals surface area contributed by atoms with E-state index in [9.17, 15) is 9.18 Å². The second kappa shape index (κ2) is 5.31. The Morgan fingerprint density at radius 3 is 2.67 bits per heavy atom. The molecule has 0 atom stereocenters. The van der Waals surface area contributed by atoms with Crippen LogP contribution in [0.5, 0.6) is 0 Å². The molecule has 0 saturated heterocycles. The van der Waals surface area contributed by atoms with Crippen molar-refractivity contribution in [1.82, 2.24) is 0 Å². The molecule has 0 heterocycles. The van der Waals surface area contributed by atoms with Gasteiger partial charge in [0.05, 0.1) is 12.1 Å². The van der Waals surface area contributed by atoms with Gasteiger partial charge in [0.1, 0.15) is 5.82 Å². The summed E-state index contributed by atoms with van der Waals surface area (Å²) >= 11 is 0. The van der Waals surface area contributed by atoms with E-state index in [-0.39, 0.29) is 18.0 Å². The molecule has 2 aromatic rings. The summed E-state index contributed by atoms with van der Waals surface area (Å²) in [4.78, 5) is 11.7. The van der Waals surface area contributed by atoms with Crippen LogP contribution in [-0.4, -0.2) is 5.91 Å². The van der Waals surface area contributed by atoms with Gasteiger partial charge in [-0.15, -0.1) is 0 Å². The minimum absolute atomic E-state index is 0.166. The lowest BCUT2D eigenvalue weighted by Gasteiger charge is -2.06. The van der Waals surface area contributed by atoms with Crippen molar-refractivity contribution in [2.75, 3.05) is 11.1 Å². The number of benzene rings is 2. The van der Waals surface area contributed by atoms with Crippen molar-refractivity contribution < 1.29 is 9.18 Å². The van der Waals surface area contributed by atoms with Crippen molar-refractivity contribution in [3.05, 3.63) is 59.9 Å². The average molecular weight is 244 g/mol. The standard InChI is InChI=1S/C14H13FN2O/c15-12-6-1-2-7-13(12)17-14(18)9-10-4-3-5-11(16)8-10/h1-8H,9,16H2,(H,17,18). The fraction of sp³-hybridized carbons (Fsp3) is 0.0714. The molecule has 0 aliphatic carbocycles. The van der Waals surface area contributed by atoms with Gasteiger partial charge in [0, 0.05) is 5.69 Å². The lowest BCUT2D eigenvalue weighted by Crippen LogP contribution is -2.15. The maximum atomic E-state index is 13.3. The van der Waals surface area contributed by atoms with Crippen molar-refractivity contribution in [3.63, 3.8) is 0 Å². The molecule has 4 heteroatoms. The van der Waals surface area contributed by atoms with Gasteiger partial charge in [-0.2, -0.15) is 0 Å². The van der Waals surface area contributed by atoms with E-state index < -0.39 is 5.82 Å². The number of anilines is 2. The predicted octanol–water partition coefficient (Wildman–Crippen LogP) is 2.59. The Hall–Kier alpha value is -2.36. The number of halogens is 1. The minimum Gasteiger partial charge on any atom is -0.399 e. The highest BCUT2D eigenvalue weighted by Gasteiger charge is 2.07. The van der Waals surface area contributed by atoms with Crippen LogP contribution in [0.2, 0.25) is 0 Å². The molecule has 2 aromatic carbocycles. The van der Waals surface area contributed by atoms with E-state index in [0.29, 0.717) is 5.69 Å². The Balaban J connectivity index is 2.03. The highest BCUT2D eigenvalue weighted by atomic mass is 19.1. The SMILES string of the molecule is Nc1cccc(CC(=O)Nc2ccccc2F)c1.